The Kier molecular flexibility index (Phi) is 9.34. The van der Waals surface area contributed by atoms with Gasteiger partial charge < -0.3 is 29.1 Å². The molecule has 1 aromatic carbocycles. The van der Waals surface area contributed by atoms with E-state index >= 15 is 0 Å². The highest BCUT2D eigenvalue weighted by molar-refractivity contribution is 5.88. The summed E-state index contributed by atoms with van der Waals surface area (Å²) < 4.78 is 30.0. The van der Waals surface area contributed by atoms with Crippen molar-refractivity contribution in [2.24, 2.45) is 5.92 Å². The largest absolute Gasteiger partial charge is 0.376 e. The third kappa shape index (κ3) is 7.38. The number of hydrogen-bond acceptors (Lipinski definition) is 7. The number of hydrogen-bond donors (Lipinski definition) is 1. The van der Waals surface area contributed by atoms with E-state index in [1.807, 2.05) is 0 Å². The first-order valence-electron chi connectivity index (χ1n) is 13.0. The molecule has 35 heavy (non-hydrogen) atoms. The number of carbonyl (C=O) groups is 1. The Hall–Kier alpha value is -2.23. The molecule has 1 aliphatic carbocycles. The number of carbonyl (C=O) groups excluding carboxylic acids is 1. The van der Waals surface area contributed by atoms with Crippen molar-refractivity contribution in [2.45, 2.75) is 57.6 Å². The van der Waals surface area contributed by atoms with E-state index in [0.717, 1.165) is 63.7 Å². The van der Waals surface area contributed by atoms with Gasteiger partial charge in [0.15, 0.2) is 11.4 Å². The minimum Gasteiger partial charge on any atom is -0.376 e. The number of likely N-dealkylation sites (N-methyl/N-ethyl adjacent to an activating group) is 2. The number of amides is 1. The van der Waals surface area contributed by atoms with Gasteiger partial charge in [0.25, 0.3) is 0 Å². The number of aromatic nitrogens is 1. The molecule has 9 heteroatoms. The van der Waals surface area contributed by atoms with Crippen LogP contribution in [0.2, 0.25) is 0 Å². The summed E-state index contributed by atoms with van der Waals surface area (Å²) in [4.78, 5) is 16.8. The Morgan fingerprint density at radius 3 is 2.74 bits per heavy atom. The number of nitrogens with zero attached hydrogens (tertiary/aromatic N) is 3. The van der Waals surface area contributed by atoms with Crippen molar-refractivity contribution in [3.63, 3.8) is 0 Å². The summed E-state index contributed by atoms with van der Waals surface area (Å²) in [5, 5.41) is 8.10. The van der Waals surface area contributed by atoms with Gasteiger partial charge in [0, 0.05) is 25.7 Å². The van der Waals surface area contributed by atoms with Crippen LogP contribution in [-0.4, -0.2) is 81.2 Å². The topological polar surface area (TPSA) is 80.1 Å². The quantitative estimate of drug-likeness (QED) is 0.516. The minimum absolute atomic E-state index is 0.0757. The van der Waals surface area contributed by atoms with Crippen molar-refractivity contribution in [1.29, 1.82) is 0 Å². The van der Waals surface area contributed by atoms with E-state index in [-0.39, 0.29) is 23.9 Å². The molecule has 1 unspecified atom stereocenters. The number of nitrogens with one attached hydrogen (secondary N) is 1. The van der Waals surface area contributed by atoms with Crippen molar-refractivity contribution in [1.82, 2.24) is 15.4 Å². The molecule has 0 spiro atoms. The predicted octanol–water partition coefficient (Wildman–Crippen LogP) is 3.60. The highest BCUT2D eigenvalue weighted by atomic mass is 19.1. The van der Waals surface area contributed by atoms with Crippen LogP contribution in [0.15, 0.2) is 22.7 Å². The van der Waals surface area contributed by atoms with Gasteiger partial charge in [-0.3, -0.25) is 4.79 Å². The van der Waals surface area contributed by atoms with Crippen LogP contribution < -0.4 is 10.2 Å². The van der Waals surface area contributed by atoms with Gasteiger partial charge in [-0.25, -0.2) is 4.39 Å². The first-order chi connectivity index (χ1) is 17.0. The Morgan fingerprint density at radius 1 is 1.17 bits per heavy atom. The van der Waals surface area contributed by atoms with Gasteiger partial charge in [-0.2, -0.15) is 0 Å². The van der Waals surface area contributed by atoms with Crippen molar-refractivity contribution < 1.29 is 23.2 Å². The molecule has 2 fully saturated rings. The normalized spacial score (nSPS) is 23.0. The first-order valence-corrected chi connectivity index (χ1v) is 13.0. The van der Waals surface area contributed by atoms with Crippen LogP contribution in [0.3, 0.4) is 0 Å². The summed E-state index contributed by atoms with van der Waals surface area (Å²) >= 11 is 0. The number of rotatable bonds is 11. The van der Waals surface area contributed by atoms with E-state index in [1.54, 1.807) is 6.07 Å². The summed E-state index contributed by atoms with van der Waals surface area (Å²) in [5.74, 6) is 1.20. The Bertz CT molecular complexity index is 941. The average Bonchev–Trinajstić information content (AvgIpc) is 3.27. The summed E-state index contributed by atoms with van der Waals surface area (Å²) in [6.07, 6.45) is 5.83. The highest BCUT2D eigenvalue weighted by Crippen LogP contribution is 2.28. The Balaban J connectivity index is 1.14. The van der Waals surface area contributed by atoms with E-state index < -0.39 is 0 Å². The van der Waals surface area contributed by atoms with Crippen LogP contribution in [0, 0.1) is 11.7 Å². The van der Waals surface area contributed by atoms with Crippen LogP contribution >= 0.6 is 0 Å². The molecule has 1 saturated carbocycles. The summed E-state index contributed by atoms with van der Waals surface area (Å²) in [5.41, 5.74) is 0.608. The van der Waals surface area contributed by atoms with E-state index in [9.17, 15) is 9.18 Å². The average molecular weight is 491 g/mol. The second kappa shape index (κ2) is 12.6. The monoisotopic (exact) mass is 490 g/mol. The van der Waals surface area contributed by atoms with Gasteiger partial charge in [-0.1, -0.05) is 5.16 Å². The molecular formula is C26H39FN4O4. The second-order valence-electron chi connectivity index (χ2n) is 9.88. The molecule has 1 amide bonds. The van der Waals surface area contributed by atoms with Crippen LogP contribution in [0.25, 0.3) is 11.0 Å². The molecule has 1 atom stereocenters. The van der Waals surface area contributed by atoms with Crippen LogP contribution in [0.4, 0.5) is 10.2 Å². The molecule has 2 heterocycles. The lowest BCUT2D eigenvalue weighted by atomic mass is 9.84. The van der Waals surface area contributed by atoms with Gasteiger partial charge in [-0.15, -0.1) is 0 Å². The molecule has 0 bridgehead atoms. The predicted molar refractivity (Wildman–Crippen MR) is 133 cm³/mol. The van der Waals surface area contributed by atoms with Crippen LogP contribution in [0.5, 0.6) is 0 Å². The number of halogens is 1. The van der Waals surface area contributed by atoms with Crippen molar-refractivity contribution >= 4 is 22.7 Å². The molecule has 1 saturated heterocycles. The van der Waals surface area contributed by atoms with Gasteiger partial charge in [0.2, 0.25) is 5.91 Å². The van der Waals surface area contributed by atoms with E-state index in [2.05, 4.69) is 34.2 Å². The van der Waals surface area contributed by atoms with Gasteiger partial charge in [0.05, 0.1) is 37.7 Å². The van der Waals surface area contributed by atoms with Crippen LogP contribution in [0.1, 0.15) is 45.4 Å². The summed E-state index contributed by atoms with van der Waals surface area (Å²) in [6, 6.07) is 4.79. The minimum atomic E-state index is -0.280. The maximum Gasteiger partial charge on any atom is 0.222 e. The molecule has 4 rings (SSSR count). The molecular weight excluding hydrogens is 451 g/mol. The molecule has 194 valence electrons. The van der Waals surface area contributed by atoms with Gasteiger partial charge in [0.1, 0.15) is 5.82 Å². The van der Waals surface area contributed by atoms with Gasteiger partial charge >= 0.3 is 0 Å². The molecule has 1 aromatic heterocycles. The zero-order valence-electron chi connectivity index (χ0n) is 21.0. The molecule has 1 aliphatic heterocycles. The lowest BCUT2D eigenvalue weighted by Crippen LogP contribution is -2.41. The fourth-order valence-electron chi connectivity index (χ4n) is 5.09. The maximum atomic E-state index is 13.7. The molecule has 2 aliphatic rings. The van der Waals surface area contributed by atoms with Crippen LogP contribution in [-0.2, 0) is 14.3 Å². The fraction of sp³-hybridized carbons (Fsp3) is 0.692. The maximum absolute atomic E-state index is 13.7. The highest BCUT2D eigenvalue weighted by Gasteiger charge is 2.25. The zero-order valence-corrected chi connectivity index (χ0v) is 21.0. The molecule has 0 radical (unpaired) electrons. The number of anilines is 1. The third-order valence-electron chi connectivity index (χ3n) is 7.27. The standard InChI is InChI=1S/C26H39FN4O4/c1-3-31(26-23-16-20(27)6-9-24(23)35-29-26)13-12-30(2)11-10-19-4-7-21(8-5-19)28-25(32)17-22-18-33-14-15-34-22/h6,9,16,19,21-22H,3-5,7-8,10-15,17-18H2,1-2H3,(H,28,32)/t19-,21-,22?. The lowest BCUT2D eigenvalue weighted by Gasteiger charge is -2.31. The summed E-state index contributed by atoms with van der Waals surface area (Å²) in [7, 11) is 2.15. The van der Waals surface area contributed by atoms with E-state index in [4.69, 9.17) is 14.0 Å². The van der Waals surface area contributed by atoms with Crippen molar-refractivity contribution in [3.05, 3.63) is 24.0 Å². The summed E-state index contributed by atoms with van der Waals surface area (Å²) in [6.45, 7) is 7.30. The van der Waals surface area contributed by atoms with Crippen molar-refractivity contribution in [3.8, 4) is 0 Å². The fourth-order valence-corrected chi connectivity index (χ4v) is 5.09. The SMILES string of the molecule is CCN(CCN(C)CC[C@H]1CC[C@H](NC(=O)CC2COCCO2)CC1)c1noc2ccc(F)cc12. The first kappa shape index (κ1) is 25.9. The molecule has 2 aromatic rings. The Labute approximate surface area is 207 Å². The smallest absolute Gasteiger partial charge is 0.222 e. The number of fused-ring (bicyclic) bond motifs is 1. The van der Waals surface area contributed by atoms with E-state index in [1.165, 1.54) is 12.1 Å². The third-order valence-corrected chi connectivity index (χ3v) is 7.27. The van der Waals surface area contributed by atoms with Gasteiger partial charge in [-0.05, 0) is 76.7 Å². The van der Waals surface area contributed by atoms with E-state index in [0.29, 0.717) is 43.6 Å². The lowest BCUT2D eigenvalue weighted by molar-refractivity contribution is -0.132. The number of benzene rings is 1. The number of ether oxygens (including phenoxy) is 2. The zero-order chi connectivity index (χ0) is 24.6. The Morgan fingerprint density at radius 2 is 2.00 bits per heavy atom. The molecule has 8 nitrogen and oxygen atoms in total. The molecule has 1 N–H and O–H groups in total. The van der Waals surface area contributed by atoms with Crippen molar-refractivity contribution in [2.75, 3.05) is 57.9 Å². The second-order valence-corrected chi connectivity index (χ2v) is 9.88.